The van der Waals surface area contributed by atoms with E-state index in [1.54, 1.807) is 30.3 Å². The minimum absolute atomic E-state index is 0.00806. The number of hydrogen-bond acceptors (Lipinski definition) is 3. The summed E-state index contributed by atoms with van der Waals surface area (Å²) in [4.78, 5) is 29.7. The van der Waals surface area contributed by atoms with Gasteiger partial charge in [0.2, 0.25) is 5.91 Å². The zero-order chi connectivity index (χ0) is 22.5. The maximum Gasteiger partial charge on any atom is 0.254 e. The fourth-order valence-corrected chi connectivity index (χ4v) is 3.44. The fourth-order valence-electron chi connectivity index (χ4n) is 2.97. The molecule has 0 fully saturated rings. The number of carbonyl (C=O) groups is 2. The molecule has 3 aromatic rings. The largest absolute Gasteiger partial charge is 0.369 e. The number of amides is 2. The first-order valence-corrected chi connectivity index (χ1v) is 9.88. The Bertz CT molecular complexity index is 1100. The van der Waals surface area contributed by atoms with Crippen LogP contribution in [-0.2, 0) is 24.3 Å². The lowest BCUT2D eigenvalue weighted by Gasteiger charge is -2.24. The van der Waals surface area contributed by atoms with Gasteiger partial charge in [0.25, 0.3) is 5.91 Å². The molecule has 3 rings (SSSR count). The summed E-state index contributed by atoms with van der Waals surface area (Å²) in [6.45, 7) is 0.149. The second-order valence-electron chi connectivity index (χ2n) is 6.86. The third-order valence-electron chi connectivity index (χ3n) is 4.39. The third kappa shape index (κ3) is 6.23. The van der Waals surface area contributed by atoms with Gasteiger partial charge in [0.15, 0.2) is 0 Å². The van der Waals surface area contributed by atoms with Crippen molar-refractivity contribution in [1.82, 2.24) is 9.88 Å². The number of carbonyl (C=O) groups excluding carboxylic acids is 2. The van der Waals surface area contributed by atoms with Crippen molar-refractivity contribution >= 4 is 35.0 Å². The highest BCUT2D eigenvalue weighted by atomic mass is 35.5. The van der Waals surface area contributed by atoms with Crippen molar-refractivity contribution < 1.29 is 18.4 Å². The van der Waals surface area contributed by atoms with Crippen molar-refractivity contribution in [3.05, 3.63) is 98.8 Å². The van der Waals surface area contributed by atoms with Crippen LogP contribution < -0.4 is 5.73 Å². The molecule has 0 spiro atoms. The molecule has 0 saturated heterocycles. The predicted octanol–water partition coefficient (Wildman–Crippen LogP) is 4.54. The highest BCUT2D eigenvalue weighted by Gasteiger charge is 2.20. The van der Waals surface area contributed by atoms with E-state index in [-0.39, 0.29) is 25.1 Å². The zero-order valence-corrected chi connectivity index (χ0v) is 17.6. The topological polar surface area (TPSA) is 76.3 Å². The lowest BCUT2D eigenvalue weighted by atomic mass is 10.1. The number of nitrogens with two attached hydrogens (primary N) is 1. The van der Waals surface area contributed by atoms with E-state index in [1.807, 2.05) is 0 Å². The zero-order valence-electron chi connectivity index (χ0n) is 16.1. The number of halogens is 4. The Balaban J connectivity index is 1.91. The molecule has 160 valence electrons. The van der Waals surface area contributed by atoms with Crippen LogP contribution in [0.15, 0.2) is 54.7 Å². The number of benzene rings is 2. The molecule has 0 unspecified atom stereocenters. The number of hydrogen-bond donors (Lipinski definition) is 1. The van der Waals surface area contributed by atoms with E-state index in [4.69, 9.17) is 28.9 Å². The Morgan fingerprint density at radius 2 is 1.68 bits per heavy atom. The van der Waals surface area contributed by atoms with Crippen molar-refractivity contribution in [3.63, 3.8) is 0 Å². The van der Waals surface area contributed by atoms with E-state index in [1.165, 1.54) is 11.1 Å². The van der Waals surface area contributed by atoms with Crippen LogP contribution in [0, 0.1) is 11.6 Å². The molecule has 2 amide bonds. The lowest BCUT2D eigenvalue weighted by Crippen LogP contribution is -2.30. The highest BCUT2D eigenvalue weighted by molar-refractivity contribution is 6.35. The van der Waals surface area contributed by atoms with E-state index in [0.717, 1.165) is 12.1 Å². The Labute approximate surface area is 187 Å². The quantitative estimate of drug-likeness (QED) is 0.558. The SMILES string of the molecule is NC(=O)Cc1ccc(CN(Cc2ccc(Cl)cc2Cl)C(=O)c2cc(F)cc(F)c2)cn1. The van der Waals surface area contributed by atoms with Crippen LogP contribution in [0.4, 0.5) is 8.78 Å². The van der Waals surface area contributed by atoms with Crippen molar-refractivity contribution in [1.29, 1.82) is 0 Å². The molecule has 0 radical (unpaired) electrons. The molecular weight excluding hydrogens is 447 g/mol. The van der Waals surface area contributed by atoms with Gasteiger partial charge in [-0.1, -0.05) is 35.3 Å². The summed E-state index contributed by atoms with van der Waals surface area (Å²) in [6, 6.07) is 10.8. The van der Waals surface area contributed by atoms with E-state index in [9.17, 15) is 18.4 Å². The summed E-state index contributed by atoms with van der Waals surface area (Å²) in [5, 5.41) is 0.790. The molecule has 9 heteroatoms. The van der Waals surface area contributed by atoms with Gasteiger partial charge in [-0.2, -0.15) is 0 Å². The minimum Gasteiger partial charge on any atom is -0.369 e. The molecule has 0 aliphatic rings. The molecule has 0 atom stereocenters. The van der Waals surface area contributed by atoms with Crippen LogP contribution in [-0.4, -0.2) is 21.7 Å². The van der Waals surface area contributed by atoms with Crippen LogP contribution >= 0.6 is 23.2 Å². The lowest BCUT2D eigenvalue weighted by molar-refractivity contribution is -0.117. The Morgan fingerprint density at radius 1 is 0.968 bits per heavy atom. The normalized spacial score (nSPS) is 10.7. The summed E-state index contributed by atoms with van der Waals surface area (Å²) in [5.41, 5.74) is 6.77. The fraction of sp³-hybridized carbons (Fsp3) is 0.136. The number of nitrogens with zero attached hydrogens (tertiary/aromatic N) is 2. The van der Waals surface area contributed by atoms with E-state index in [0.29, 0.717) is 32.9 Å². The highest BCUT2D eigenvalue weighted by Crippen LogP contribution is 2.24. The van der Waals surface area contributed by atoms with Gasteiger partial charge in [-0.25, -0.2) is 8.78 Å². The first-order valence-electron chi connectivity index (χ1n) is 9.12. The van der Waals surface area contributed by atoms with Gasteiger partial charge in [0.1, 0.15) is 11.6 Å². The number of rotatable bonds is 7. The van der Waals surface area contributed by atoms with Crippen LogP contribution in [0.1, 0.15) is 27.2 Å². The van der Waals surface area contributed by atoms with Gasteiger partial charge in [-0.3, -0.25) is 14.6 Å². The summed E-state index contributed by atoms with van der Waals surface area (Å²) in [6.07, 6.45) is 1.50. The molecule has 2 N–H and O–H groups in total. The Kier molecular flexibility index (Phi) is 7.20. The maximum absolute atomic E-state index is 13.7. The Hall–Kier alpha value is -3.03. The van der Waals surface area contributed by atoms with Crippen molar-refractivity contribution in [2.75, 3.05) is 0 Å². The van der Waals surface area contributed by atoms with Crippen LogP contribution in [0.2, 0.25) is 10.0 Å². The van der Waals surface area contributed by atoms with Gasteiger partial charge < -0.3 is 10.6 Å². The van der Waals surface area contributed by atoms with E-state index in [2.05, 4.69) is 4.98 Å². The van der Waals surface area contributed by atoms with Crippen LogP contribution in [0.3, 0.4) is 0 Å². The first-order chi connectivity index (χ1) is 14.7. The summed E-state index contributed by atoms with van der Waals surface area (Å²) >= 11 is 12.2. The molecular formula is C22H17Cl2F2N3O2. The van der Waals surface area contributed by atoms with Crippen molar-refractivity contribution in [3.8, 4) is 0 Å². The number of aromatic nitrogens is 1. The molecule has 1 heterocycles. The van der Waals surface area contributed by atoms with Crippen molar-refractivity contribution in [2.45, 2.75) is 19.5 Å². The molecule has 31 heavy (non-hydrogen) atoms. The maximum atomic E-state index is 13.7. The van der Waals surface area contributed by atoms with Crippen LogP contribution in [0.5, 0.6) is 0 Å². The number of primary amides is 1. The molecule has 0 saturated carbocycles. The van der Waals surface area contributed by atoms with E-state index >= 15 is 0 Å². The molecule has 0 aliphatic heterocycles. The van der Waals surface area contributed by atoms with Crippen LogP contribution in [0.25, 0.3) is 0 Å². The Morgan fingerprint density at radius 3 is 2.26 bits per heavy atom. The molecule has 1 aromatic heterocycles. The van der Waals surface area contributed by atoms with Gasteiger partial charge in [0, 0.05) is 46.7 Å². The number of pyridine rings is 1. The van der Waals surface area contributed by atoms with Gasteiger partial charge >= 0.3 is 0 Å². The van der Waals surface area contributed by atoms with Gasteiger partial charge in [-0.15, -0.1) is 0 Å². The monoisotopic (exact) mass is 463 g/mol. The first kappa shape index (κ1) is 22.7. The molecule has 5 nitrogen and oxygen atoms in total. The second kappa shape index (κ2) is 9.85. The third-order valence-corrected chi connectivity index (χ3v) is 4.97. The van der Waals surface area contributed by atoms with Crippen molar-refractivity contribution in [2.24, 2.45) is 5.73 Å². The molecule has 2 aromatic carbocycles. The van der Waals surface area contributed by atoms with E-state index < -0.39 is 23.4 Å². The molecule has 0 bridgehead atoms. The molecule has 0 aliphatic carbocycles. The average Bonchev–Trinajstić information content (AvgIpc) is 2.69. The summed E-state index contributed by atoms with van der Waals surface area (Å²) in [5.74, 6) is -2.82. The second-order valence-corrected chi connectivity index (χ2v) is 7.70. The summed E-state index contributed by atoms with van der Waals surface area (Å²) < 4.78 is 27.3. The smallest absolute Gasteiger partial charge is 0.254 e. The van der Waals surface area contributed by atoms with Gasteiger partial charge in [0.05, 0.1) is 6.42 Å². The van der Waals surface area contributed by atoms with Gasteiger partial charge in [-0.05, 0) is 41.5 Å². The summed E-state index contributed by atoms with van der Waals surface area (Å²) in [7, 11) is 0. The standard InChI is InChI=1S/C22H17Cl2F2N3O2/c23-16-3-2-14(20(24)7-16)12-29(22(31)15-5-17(25)8-18(26)6-15)11-13-1-4-19(28-10-13)9-21(27)30/h1-8,10H,9,11-12H2,(H2,27,30). The minimum atomic E-state index is -0.856. The average molecular weight is 464 g/mol. The predicted molar refractivity (Wildman–Crippen MR) is 114 cm³/mol.